The molecule has 0 atom stereocenters. The van der Waals surface area contributed by atoms with E-state index in [0.717, 1.165) is 32.4 Å². The van der Waals surface area contributed by atoms with Crippen LogP contribution < -0.4 is 10.6 Å². The van der Waals surface area contributed by atoms with E-state index < -0.39 is 5.97 Å². The van der Waals surface area contributed by atoms with Crippen molar-refractivity contribution in [3.05, 3.63) is 28.2 Å². The molecule has 1 amide bonds. The highest BCUT2D eigenvalue weighted by Gasteiger charge is 2.16. The minimum Gasteiger partial charge on any atom is -0.478 e. The van der Waals surface area contributed by atoms with Gasteiger partial charge in [-0.2, -0.15) is 0 Å². The molecule has 1 aromatic carbocycles. The number of amides is 1. The molecular formula is C15H19BrN2O3. The Hall–Kier alpha value is -1.40. The van der Waals surface area contributed by atoms with Crippen LogP contribution in [0, 0.1) is 5.92 Å². The topological polar surface area (TPSA) is 78.4 Å². The second-order valence-corrected chi connectivity index (χ2v) is 6.19. The van der Waals surface area contributed by atoms with Gasteiger partial charge >= 0.3 is 5.97 Å². The molecule has 6 heteroatoms. The van der Waals surface area contributed by atoms with Crippen molar-refractivity contribution in [2.75, 3.05) is 18.4 Å². The number of hydrogen-bond donors (Lipinski definition) is 3. The van der Waals surface area contributed by atoms with E-state index in [9.17, 15) is 9.59 Å². The summed E-state index contributed by atoms with van der Waals surface area (Å²) < 4.78 is 0.674. The van der Waals surface area contributed by atoms with Crippen LogP contribution >= 0.6 is 15.9 Å². The van der Waals surface area contributed by atoms with Crippen molar-refractivity contribution in [1.82, 2.24) is 5.32 Å². The monoisotopic (exact) mass is 354 g/mol. The number of rotatable bonds is 5. The van der Waals surface area contributed by atoms with E-state index in [1.807, 2.05) is 0 Å². The average molecular weight is 355 g/mol. The number of benzene rings is 1. The van der Waals surface area contributed by atoms with Crippen LogP contribution in [0.25, 0.3) is 0 Å². The molecule has 0 aliphatic carbocycles. The van der Waals surface area contributed by atoms with Gasteiger partial charge in [-0.25, -0.2) is 4.79 Å². The Labute approximate surface area is 132 Å². The van der Waals surface area contributed by atoms with Crippen LogP contribution in [0.4, 0.5) is 5.69 Å². The van der Waals surface area contributed by atoms with Crippen LogP contribution in [0.3, 0.4) is 0 Å². The molecule has 1 heterocycles. The van der Waals surface area contributed by atoms with Gasteiger partial charge in [0.15, 0.2) is 0 Å². The number of carboxylic acids is 1. The van der Waals surface area contributed by atoms with Crippen LogP contribution in [0.15, 0.2) is 22.7 Å². The Balaban J connectivity index is 1.91. The van der Waals surface area contributed by atoms with Gasteiger partial charge in [0.25, 0.3) is 0 Å². The number of nitrogens with one attached hydrogen (secondary N) is 2. The third kappa shape index (κ3) is 4.82. The van der Waals surface area contributed by atoms with Gasteiger partial charge in [-0.3, -0.25) is 4.79 Å². The van der Waals surface area contributed by atoms with Gasteiger partial charge in [0, 0.05) is 10.9 Å². The molecule has 21 heavy (non-hydrogen) atoms. The van der Waals surface area contributed by atoms with Crippen molar-refractivity contribution >= 4 is 33.5 Å². The Bertz CT molecular complexity index is 528. The molecule has 114 valence electrons. The lowest BCUT2D eigenvalue weighted by atomic mass is 9.93. The van der Waals surface area contributed by atoms with Crippen molar-refractivity contribution in [3.8, 4) is 0 Å². The van der Waals surface area contributed by atoms with E-state index in [1.54, 1.807) is 12.1 Å². The van der Waals surface area contributed by atoms with Crippen molar-refractivity contribution < 1.29 is 14.7 Å². The Morgan fingerprint density at radius 1 is 1.33 bits per heavy atom. The van der Waals surface area contributed by atoms with Crippen LogP contribution in [-0.4, -0.2) is 30.1 Å². The summed E-state index contributed by atoms with van der Waals surface area (Å²) in [5.74, 6) is -0.593. The third-order valence-electron chi connectivity index (χ3n) is 3.72. The number of carboxylic acid groups (broad SMARTS) is 1. The van der Waals surface area contributed by atoms with Gasteiger partial charge in [-0.05, 0) is 56.5 Å². The van der Waals surface area contributed by atoms with E-state index in [0.29, 0.717) is 22.5 Å². The highest BCUT2D eigenvalue weighted by molar-refractivity contribution is 9.10. The summed E-state index contributed by atoms with van der Waals surface area (Å²) in [6.07, 6.45) is 3.49. The molecule has 0 aromatic heterocycles. The van der Waals surface area contributed by atoms with Crippen LogP contribution in [0.1, 0.15) is 36.0 Å². The van der Waals surface area contributed by atoms with Crippen molar-refractivity contribution in [2.24, 2.45) is 5.92 Å². The lowest BCUT2D eigenvalue weighted by Gasteiger charge is -2.22. The lowest BCUT2D eigenvalue weighted by Crippen LogP contribution is -2.28. The molecule has 0 radical (unpaired) electrons. The molecule has 1 aliphatic heterocycles. The maximum atomic E-state index is 12.0. The zero-order chi connectivity index (χ0) is 15.2. The quantitative estimate of drug-likeness (QED) is 0.759. The molecule has 2 rings (SSSR count). The Morgan fingerprint density at radius 3 is 2.71 bits per heavy atom. The van der Waals surface area contributed by atoms with Crippen LogP contribution in [-0.2, 0) is 4.79 Å². The molecule has 1 aliphatic rings. The SMILES string of the molecule is O=C(CCC1CCNCC1)Nc1ccc(Br)cc1C(=O)O. The van der Waals surface area contributed by atoms with Crippen molar-refractivity contribution in [1.29, 1.82) is 0 Å². The fraction of sp³-hybridized carbons (Fsp3) is 0.467. The van der Waals surface area contributed by atoms with Crippen LogP contribution in [0.5, 0.6) is 0 Å². The fourth-order valence-electron chi connectivity index (χ4n) is 2.52. The van der Waals surface area contributed by atoms with Gasteiger partial charge in [-0.15, -0.1) is 0 Å². The second-order valence-electron chi connectivity index (χ2n) is 5.28. The third-order valence-corrected chi connectivity index (χ3v) is 4.22. The van der Waals surface area contributed by atoms with Gasteiger partial charge in [-0.1, -0.05) is 15.9 Å². The van der Waals surface area contributed by atoms with Gasteiger partial charge < -0.3 is 15.7 Å². The Morgan fingerprint density at radius 2 is 2.05 bits per heavy atom. The first-order valence-corrected chi connectivity index (χ1v) is 7.89. The van der Waals surface area contributed by atoms with E-state index >= 15 is 0 Å². The van der Waals surface area contributed by atoms with E-state index in [-0.39, 0.29) is 11.5 Å². The highest BCUT2D eigenvalue weighted by Crippen LogP contribution is 2.22. The zero-order valence-corrected chi connectivity index (χ0v) is 13.3. The predicted octanol–water partition coefficient (Wildman–Crippen LogP) is 2.87. The maximum absolute atomic E-state index is 12.0. The summed E-state index contributed by atoms with van der Waals surface area (Å²) >= 11 is 3.23. The van der Waals surface area contributed by atoms with Crippen molar-refractivity contribution in [2.45, 2.75) is 25.7 Å². The number of carbonyl (C=O) groups excluding carboxylic acids is 1. The summed E-state index contributed by atoms with van der Waals surface area (Å²) in [6.45, 7) is 2.03. The minimum atomic E-state index is -1.05. The summed E-state index contributed by atoms with van der Waals surface area (Å²) in [5, 5.41) is 15.2. The molecular weight excluding hydrogens is 336 g/mol. The van der Waals surface area contributed by atoms with Gasteiger partial charge in [0.05, 0.1) is 11.3 Å². The van der Waals surface area contributed by atoms with E-state index in [4.69, 9.17) is 5.11 Å². The first kappa shape index (κ1) is 16.0. The molecule has 1 saturated heterocycles. The normalized spacial score (nSPS) is 15.7. The van der Waals surface area contributed by atoms with Crippen LogP contribution in [0.2, 0.25) is 0 Å². The first-order valence-electron chi connectivity index (χ1n) is 7.09. The standard InChI is InChI=1S/C15H19BrN2O3/c16-11-2-3-13(12(9-11)15(20)21)18-14(19)4-1-10-5-7-17-8-6-10/h2-3,9-10,17H,1,4-8H2,(H,18,19)(H,20,21). The summed E-state index contributed by atoms with van der Waals surface area (Å²) in [5.41, 5.74) is 0.445. The number of anilines is 1. The largest absolute Gasteiger partial charge is 0.478 e. The average Bonchev–Trinajstić information content (AvgIpc) is 2.48. The number of hydrogen-bond acceptors (Lipinski definition) is 3. The van der Waals surface area contributed by atoms with E-state index in [2.05, 4.69) is 26.6 Å². The molecule has 3 N–H and O–H groups in total. The smallest absolute Gasteiger partial charge is 0.337 e. The zero-order valence-electron chi connectivity index (χ0n) is 11.7. The molecule has 0 saturated carbocycles. The highest BCUT2D eigenvalue weighted by atomic mass is 79.9. The number of halogens is 1. The molecule has 0 bridgehead atoms. The molecule has 0 unspecified atom stereocenters. The second kappa shape index (κ2) is 7.56. The Kier molecular flexibility index (Phi) is 5.76. The summed E-state index contributed by atoms with van der Waals surface area (Å²) in [7, 11) is 0. The maximum Gasteiger partial charge on any atom is 0.337 e. The summed E-state index contributed by atoms with van der Waals surface area (Å²) in [4.78, 5) is 23.2. The molecule has 5 nitrogen and oxygen atoms in total. The predicted molar refractivity (Wildman–Crippen MR) is 84.6 cm³/mol. The number of piperidine rings is 1. The summed E-state index contributed by atoms with van der Waals surface area (Å²) in [6, 6.07) is 4.82. The molecule has 1 aromatic rings. The van der Waals surface area contributed by atoms with Crippen molar-refractivity contribution in [3.63, 3.8) is 0 Å². The molecule has 0 spiro atoms. The lowest BCUT2D eigenvalue weighted by molar-refractivity contribution is -0.116. The van der Waals surface area contributed by atoms with E-state index in [1.165, 1.54) is 6.07 Å². The number of aromatic carboxylic acids is 1. The van der Waals surface area contributed by atoms with Gasteiger partial charge in [0.1, 0.15) is 0 Å². The minimum absolute atomic E-state index is 0.0968. The number of carbonyl (C=O) groups is 2. The fourth-order valence-corrected chi connectivity index (χ4v) is 2.88. The van der Waals surface area contributed by atoms with Gasteiger partial charge in [0.2, 0.25) is 5.91 Å². The molecule has 1 fully saturated rings. The first-order chi connectivity index (χ1) is 10.1.